The zero-order chi connectivity index (χ0) is 15.7. The number of nitrogens with one attached hydrogen (secondary N) is 1. The molecule has 1 aliphatic carbocycles. The first-order chi connectivity index (χ1) is 9.72. The predicted molar refractivity (Wildman–Crippen MR) is 88.4 cm³/mol. The highest BCUT2D eigenvalue weighted by molar-refractivity contribution is 9.10. The van der Waals surface area contributed by atoms with Crippen LogP contribution in [-0.2, 0) is 0 Å². The Morgan fingerprint density at radius 2 is 1.90 bits per heavy atom. The molecule has 0 aromatic heterocycles. The molecule has 1 aromatic rings. The van der Waals surface area contributed by atoms with Crippen molar-refractivity contribution < 1.29 is 9.90 Å². The van der Waals surface area contributed by atoms with Crippen LogP contribution in [0.15, 0.2) is 22.7 Å². The second kappa shape index (κ2) is 6.09. The van der Waals surface area contributed by atoms with E-state index in [9.17, 15) is 9.90 Å². The Morgan fingerprint density at radius 1 is 1.29 bits per heavy atom. The minimum Gasteiger partial charge on any atom is -0.388 e. The van der Waals surface area contributed by atoms with Gasteiger partial charge in [-0.05, 0) is 65.6 Å². The van der Waals surface area contributed by atoms with Crippen LogP contribution in [0.1, 0.15) is 55.5 Å². The van der Waals surface area contributed by atoms with Crippen molar-refractivity contribution in [2.75, 3.05) is 6.54 Å². The smallest absolute Gasteiger partial charge is 0.252 e. The van der Waals surface area contributed by atoms with Crippen LogP contribution in [0.4, 0.5) is 0 Å². The van der Waals surface area contributed by atoms with E-state index in [-0.39, 0.29) is 5.91 Å². The van der Waals surface area contributed by atoms with Gasteiger partial charge in [0.1, 0.15) is 0 Å². The van der Waals surface area contributed by atoms with Crippen LogP contribution in [0.2, 0.25) is 0 Å². The van der Waals surface area contributed by atoms with E-state index in [1.807, 2.05) is 19.1 Å². The maximum absolute atomic E-state index is 12.3. The van der Waals surface area contributed by atoms with E-state index >= 15 is 0 Å². The number of aryl methyl sites for hydroxylation is 1. The van der Waals surface area contributed by atoms with Gasteiger partial charge in [-0.25, -0.2) is 0 Å². The van der Waals surface area contributed by atoms with Gasteiger partial charge in [0.2, 0.25) is 0 Å². The molecule has 0 bridgehead atoms. The van der Waals surface area contributed by atoms with Crippen LogP contribution < -0.4 is 5.32 Å². The molecule has 4 heteroatoms. The topological polar surface area (TPSA) is 49.3 Å². The second-order valence-corrected chi connectivity index (χ2v) is 7.80. The van der Waals surface area contributed by atoms with E-state index in [1.165, 1.54) is 0 Å². The Morgan fingerprint density at radius 3 is 2.52 bits per heavy atom. The Kier molecular flexibility index (Phi) is 4.79. The van der Waals surface area contributed by atoms with Crippen LogP contribution in [-0.4, -0.2) is 23.2 Å². The number of carbonyl (C=O) groups excluding carboxylic acids is 1. The third-order valence-electron chi connectivity index (χ3n) is 4.55. The molecule has 0 radical (unpaired) electrons. The van der Waals surface area contributed by atoms with Crippen LogP contribution in [0.3, 0.4) is 0 Å². The minimum absolute atomic E-state index is 0.135. The summed E-state index contributed by atoms with van der Waals surface area (Å²) in [5.41, 5.74) is 1.19. The molecule has 0 heterocycles. The van der Waals surface area contributed by atoms with E-state index in [2.05, 4.69) is 35.1 Å². The van der Waals surface area contributed by atoms with E-state index < -0.39 is 5.60 Å². The van der Waals surface area contributed by atoms with Gasteiger partial charge >= 0.3 is 0 Å². The van der Waals surface area contributed by atoms with Crippen molar-refractivity contribution in [1.82, 2.24) is 5.32 Å². The Hall–Kier alpha value is -0.870. The molecule has 1 amide bonds. The number of hydrogen-bond donors (Lipinski definition) is 2. The monoisotopic (exact) mass is 353 g/mol. The van der Waals surface area contributed by atoms with Crippen LogP contribution in [0.5, 0.6) is 0 Å². The van der Waals surface area contributed by atoms with Crippen LogP contribution in [0, 0.1) is 12.3 Å². The van der Waals surface area contributed by atoms with E-state index in [1.54, 1.807) is 6.07 Å². The third-order valence-corrected chi connectivity index (χ3v) is 5.60. The fourth-order valence-corrected chi connectivity index (χ4v) is 3.18. The number of halogens is 1. The molecule has 1 aromatic carbocycles. The van der Waals surface area contributed by atoms with E-state index in [4.69, 9.17) is 0 Å². The highest BCUT2D eigenvalue weighted by Crippen LogP contribution is 2.39. The highest BCUT2D eigenvalue weighted by Gasteiger charge is 2.36. The van der Waals surface area contributed by atoms with Gasteiger partial charge in [-0.3, -0.25) is 4.79 Å². The lowest BCUT2D eigenvalue weighted by molar-refractivity contribution is -0.0233. The lowest BCUT2D eigenvalue weighted by Gasteiger charge is -2.40. The molecule has 1 aliphatic rings. The molecular formula is C17H24BrNO2. The van der Waals surface area contributed by atoms with Crippen molar-refractivity contribution in [2.45, 2.75) is 52.1 Å². The van der Waals surface area contributed by atoms with Gasteiger partial charge in [0.15, 0.2) is 0 Å². The van der Waals surface area contributed by atoms with Crippen LogP contribution in [0.25, 0.3) is 0 Å². The first-order valence-electron chi connectivity index (χ1n) is 7.48. The molecule has 0 unspecified atom stereocenters. The maximum Gasteiger partial charge on any atom is 0.252 e. The molecule has 0 aliphatic heterocycles. The average Bonchev–Trinajstić information content (AvgIpc) is 2.43. The molecule has 116 valence electrons. The van der Waals surface area contributed by atoms with Crippen molar-refractivity contribution in [2.24, 2.45) is 5.41 Å². The number of aliphatic hydroxyl groups is 1. The lowest BCUT2D eigenvalue weighted by Crippen LogP contribution is -2.46. The van der Waals surface area contributed by atoms with Crippen molar-refractivity contribution >= 4 is 21.8 Å². The SMILES string of the molecule is Cc1cccc(C(=O)NCC2(O)CCC(C)(C)CC2)c1Br. The maximum atomic E-state index is 12.3. The van der Waals surface area contributed by atoms with Gasteiger partial charge in [-0.15, -0.1) is 0 Å². The van der Waals surface area contributed by atoms with Crippen molar-refractivity contribution in [3.8, 4) is 0 Å². The molecule has 2 rings (SSSR count). The van der Waals surface area contributed by atoms with Crippen molar-refractivity contribution in [3.63, 3.8) is 0 Å². The summed E-state index contributed by atoms with van der Waals surface area (Å²) in [5.74, 6) is -0.135. The van der Waals surface area contributed by atoms with Crippen molar-refractivity contribution in [1.29, 1.82) is 0 Å². The molecule has 0 spiro atoms. The van der Waals surface area contributed by atoms with Gasteiger partial charge in [-0.1, -0.05) is 26.0 Å². The largest absolute Gasteiger partial charge is 0.388 e. The van der Waals surface area contributed by atoms with Crippen molar-refractivity contribution in [3.05, 3.63) is 33.8 Å². The number of carbonyl (C=O) groups is 1. The van der Waals surface area contributed by atoms with E-state index in [0.717, 1.165) is 35.7 Å². The number of rotatable bonds is 3. The number of amides is 1. The summed E-state index contributed by atoms with van der Waals surface area (Å²) in [5, 5.41) is 13.5. The molecule has 1 saturated carbocycles. The Labute approximate surface area is 135 Å². The quantitative estimate of drug-likeness (QED) is 0.867. The minimum atomic E-state index is -0.762. The average molecular weight is 354 g/mol. The third kappa shape index (κ3) is 4.07. The lowest BCUT2D eigenvalue weighted by atomic mass is 9.71. The van der Waals surface area contributed by atoms with Gasteiger partial charge in [0.25, 0.3) is 5.91 Å². The summed E-state index contributed by atoms with van der Waals surface area (Å²) in [6.45, 7) is 6.74. The Balaban J connectivity index is 1.97. The molecular weight excluding hydrogens is 330 g/mol. The zero-order valence-corrected chi connectivity index (χ0v) is 14.6. The fourth-order valence-electron chi connectivity index (χ4n) is 2.73. The predicted octanol–water partition coefficient (Wildman–Crippen LogP) is 3.82. The van der Waals surface area contributed by atoms with Gasteiger partial charge < -0.3 is 10.4 Å². The summed E-state index contributed by atoms with van der Waals surface area (Å²) in [4.78, 5) is 12.3. The summed E-state index contributed by atoms with van der Waals surface area (Å²) in [6, 6.07) is 5.62. The summed E-state index contributed by atoms with van der Waals surface area (Å²) in [6.07, 6.45) is 3.48. The van der Waals surface area contributed by atoms with E-state index in [0.29, 0.717) is 17.5 Å². The number of benzene rings is 1. The normalized spacial score (nSPS) is 20.0. The van der Waals surface area contributed by atoms with Gasteiger partial charge in [0, 0.05) is 11.0 Å². The molecule has 1 fully saturated rings. The molecule has 0 atom stereocenters. The first-order valence-corrected chi connectivity index (χ1v) is 8.28. The van der Waals surface area contributed by atoms with Gasteiger partial charge in [-0.2, -0.15) is 0 Å². The zero-order valence-electron chi connectivity index (χ0n) is 13.0. The summed E-state index contributed by atoms with van der Waals surface area (Å²) < 4.78 is 0.819. The molecule has 2 N–H and O–H groups in total. The fraction of sp³-hybridized carbons (Fsp3) is 0.588. The molecule has 21 heavy (non-hydrogen) atoms. The van der Waals surface area contributed by atoms with Crippen LogP contribution >= 0.6 is 15.9 Å². The summed E-state index contributed by atoms with van der Waals surface area (Å²) >= 11 is 3.45. The van der Waals surface area contributed by atoms with Gasteiger partial charge in [0.05, 0.1) is 11.2 Å². The molecule has 0 saturated heterocycles. The molecule has 3 nitrogen and oxygen atoms in total. The first kappa shape index (κ1) is 16.5. The summed E-state index contributed by atoms with van der Waals surface area (Å²) in [7, 11) is 0. The number of hydrogen-bond acceptors (Lipinski definition) is 2. The standard InChI is InChI=1S/C17H24BrNO2/c1-12-5-4-6-13(14(12)18)15(20)19-11-17(21)9-7-16(2,3)8-10-17/h4-6,21H,7-11H2,1-3H3,(H,19,20). The second-order valence-electron chi connectivity index (χ2n) is 7.01. The highest BCUT2D eigenvalue weighted by atomic mass is 79.9. The Bertz CT molecular complexity index is 530.